The summed E-state index contributed by atoms with van der Waals surface area (Å²) in [4.78, 5) is 11.2. The molecule has 0 aliphatic carbocycles. The van der Waals surface area contributed by atoms with Gasteiger partial charge in [0.25, 0.3) is 0 Å². The molecule has 0 aromatic rings. The second-order valence-electron chi connectivity index (χ2n) is 3.50. The summed E-state index contributed by atoms with van der Waals surface area (Å²) in [5.41, 5.74) is 0. The van der Waals surface area contributed by atoms with Crippen LogP contribution in [0.2, 0.25) is 0 Å². The second-order valence-corrected chi connectivity index (χ2v) is 3.87. The van der Waals surface area contributed by atoms with Gasteiger partial charge in [-0.1, -0.05) is 26.2 Å². The standard InChI is InChI=1S/C11H21ClO/c1-2-3-5-8-11(13)9-6-4-7-10-12/h2-10H2,1H3. The molecular weight excluding hydrogens is 184 g/mol. The third-order valence-corrected chi connectivity index (χ3v) is 2.42. The molecule has 2 heteroatoms. The fraction of sp³-hybridized carbons (Fsp3) is 0.909. The van der Waals surface area contributed by atoms with Gasteiger partial charge >= 0.3 is 0 Å². The lowest BCUT2D eigenvalue weighted by Crippen LogP contribution is -1.97. The van der Waals surface area contributed by atoms with Gasteiger partial charge in [-0.2, -0.15) is 0 Å². The highest BCUT2D eigenvalue weighted by Gasteiger charge is 2.00. The Balaban J connectivity index is 3.11. The van der Waals surface area contributed by atoms with Crippen LogP contribution >= 0.6 is 11.6 Å². The smallest absolute Gasteiger partial charge is 0.132 e. The molecule has 0 spiro atoms. The Labute approximate surface area is 86.9 Å². The lowest BCUT2D eigenvalue weighted by molar-refractivity contribution is -0.119. The first-order valence-corrected chi connectivity index (χ1v) is 5.92. The highest BCUT2D eigenvalue weighted by Crippen LogP contribution is 2.06. The first kappa shape index (κ1) is 13.0. The molecule has 0 aliphatic heterocycles. The summed E-state index contributed by atoms with van der Waals surface area (Å²) in [6.07, 6.45) is 8.18. The SMILES string of the molecule is CCCCCC(=O)CCCCCCl. The first-order valence-electron chi connectivity index (χ1n) is 5.39. The van der Waals surface area contributed by atoms with E-state index in [1.807, 2.05) is 0 Å². The molecule has 0 heterocycles. The molecule has 0 rings (SSSR count). The number of alkyl halides is 1. The molecule has 0 aliphatic rings. The molecule has 0 unspecified atom stereocenters. The number of carbonyl (C=O) groups is 1. The Morgan fingerprint density at radius 2 is 1.62 bits per heavy atom. The fourth-order valence-electron chi connectivity index (χ4n) is 1.29. The second kappa shape index (κ2) is 10.0. The van der Waals surface area contributed by atoms with Crippen LogP contribution in [0.25, 0.3) is 0 Å². The Hall–Kier alpha value is -0.0400. The molecule has 13 heavy (non-hydrogen) atoms. The van der Waals surface area contributed by atoms with E-state index < -0.39 is 0 Å². The number of hydrogen-bond donors (Lipinski definition) is 0. The molecule has 0 bridgehead atoms. The van der Waals surface area contributed by atoms with Crippen LogP contribution in [0.1, 0.15) is 58.3 Å². The summed E-state index contributed by atoms with van der Waals surface area (Å²) in [6.45, 7) is 2.16. The van der Waals surface area contributed by atoms with Gasteiger partial charge in [-0.25, -0.2) is 0 Å². The minimum Gasteiger partial charge on any atom is -0.300 e. The first-order chi connectivity index (χ1) is 6.31. The number of halogens is 1. The topological polar surface area (TPSA) is 17.1 Å². The average molecular weight is 205 g/mol. The molecule has 0 aromatic carbocycles. The van der Waals surface area contributed by atoms with Crippen molar-refractivity contribution in [2.75, 3.05) is 5.88 Å². The molecule has 0 amide bonds. The zero-order valence-electron chi connectivity index (χ0n) is 8.65. The Morgan fingerprint density at radius 1 is 1.00 bits per heavy atom. The van der Waals surface area contributed by atoms with Crippen molar-refractivity contribution in [3.63, 3.8) is 0 Å². The summed E-state index contributed by atoms with van der Waals surface area (Å²) < 4.78 is 0. The van der Waals surface area contributed by atoms with Gasteiger partial charge in [0.2, 0.25) is 0 Å². The lowest BCUT2D eigenvalue weighted by atomic mass is 10.1. The number of hydrogen-bond acceptors (Lipinski definition) is 1. The Bertz CT molecular complexity index is 123. The van der Waals surface area contributed by atoms with Gasteiger partial charge in [-0.15, -0.1) is 11.6 Å². The van der Waals surface area contributed by atoms with Crippen molar-refractivity contribution in [2.45, 2.75) is 58.3 Å². The largest absolute Gasteiger partial charge is 0.300 e. The van der Waals surface area contributed by atoms with E-state index in [0.29, 0.717) is 5.78 Å². The molecule has 0 atom stereocenters. The molecule has 0 N–H and O–H groups in total. The van der Waals surface area contributed by atoms with Crippen molar-refractivity contribution in [2.24, 2.45) is 0 Å². The Kier molecular flexibility index (Phi) is 10.0. The van der Waals surface area contributed by atoms with Crippen molar-refractivity contribution in [1.82, 2.24) is 0 Å². The minimum atomic E-state index is 0.433. The highest BCUT2D eigenvalue weighted by atomic mass is 35.5. The van der Waals surface area contributed by atoms with Gasteiger partial charge in [0.05, 0.1) is 0 Å². The molecule has 0 saturated carbocycles. The van der Waals surface area contributed by atoms with Crippen LogP contribution < -0.4 is 0 Å². The highest BCUT2D eigenvalue weighted by molar-refractivity contribution is 6.17. The summed E-state index contributed by atoms with van der Waals surface area (Å²) >= 11 is 5.53. The fourth-order valence-corrected chi connectivity index (χ4v) is 1.48. The zero-order chi connectivity index (χ0) is 9.94. The Morgan fingerprint density at radius 3 is 2.15 bits per heavy atom. The number of ketones is 1. The van der Waals surface area contributed by atoms with E-state index in [-0.39, 0.29) is 0 Å². The molecule has 0 saturated heterocycles. The van der Waals surface area contributed by atoms with E-state index in [4.69, 9.17) is 11.6 Å². The van der Waals surface area contributed by atoms with Crippen LogP contribution in [-0.4, -0.2) is 11.7 Å². The summed E-state index contributed by atoms with van der Waals surface area (Å²) in [5, 5.41) is 0. The molecule has 0 fully saturated rings. The summed E-state index contributed by atoms with van der Waals surface area (Å²) in [5.74, 6) is 1.16. The van der Waals surface area contributed by atoms with Gasteiger partial charge in [0.1, 0.15) is 5.78 Å². The third-order valence-electron chi connectivity index (χ3n) is 2.15. The van der Waals surface area contributed by atoms with E-state index in [1.54, 1.807) is 0 Å². The van der Waals surface area contributed by atoms with E-state index in [1.165, 1.54) is 12.8 Å². The number of carbonyl (C=O) groups excluding carboxylic acids is 1. The molecular formula is C11H21ClO. The number of unbranched alkanes of at least 4 members (excludes halogenated alkanes) is 4. The van der Waals surface area contributed by atoms with E-state index in [2.05, 4.69) is 6.92 Å². The molecule has 0 radical (unpaired) electrons. The van der Waals surface area contributed by atoms with Gasteiger partial charge < -0.3 is 0 Å². The van der Waals surface area contributed by atoms with Crippen LogP contribution in [0.5, 0.6) is 0 Å². The zero-order valence-corrected chi connectivity index (χ0v) is 9.41. The molecule has 1 nitrogen and oxygen atoms in total. The normalized spacial score (nSPS) is 10.3. The van der Waals surface area contributed by atoms with Crippen molar-refractivity contribution < 1.29 is 4.79 Å². The van der Waals surface area contributed by atoms with Crippen LogP contribution in [0.4, 0.5) is 0 Å². The number of rotatable bonds is 9. The molecule has 0 aromatic heterocycles. The van der Waals surface area contributed by atoms with Crippen LogP contribution in [-0.2, 0) is 4.79 Å². The monoisotopic (exact) mass is 204 g/mol. The van der Waals surface area contributed by atoms with Crippen molar-refractivity contribution in [1.29, 1.82) is 0 Å². The van der Waals surface area contributed by atoms with Crippen molar-refractivity contribution in [3.05, 3.63) is 0 Å². The van der Waals surface area contributed by atoms with E-state index >= 15 is 0 Å². The van der Waals surface area contributed by atoms with E-state index in [9.17, 15) is 4.79 Å². The maximum atomic E-state index is 11.2. The lowest BCUT2D eigenvalue weighted by Gasteiger charge is -1.99. The van der Waals surface area contributed by atoms with Gasteiger partial charge in [0.15, 0.2) is 0 Å². The van der Waals surface area contributed by atoms with Crippen molar-refractivity contribution in [3.8, 4) is 0 Å². The van der Waals surface area contributed by atoms with Crippen LogP contribution in [0.3, 0.4) is 0 Å². The van der Waals surface area contributed by atoms with Gasteiger partial charge in [0, 0.05) is 18.7 Å². The van der Waals surface area contributed by atoms with Gasteiger partial charge in [-0.05, 0) is 19.3 Å². The van der Waals surface area contributed by atoms with E-state index in [0.717, 1.165) is 44.4 Å². The predicted octanol–water partition coefficient (Wildman–Crippen LogP) is 3.94. The maximum Gasteiger partial charge on any atom is 0.132 e. The number of Topliss-reactive ketones (excluding diaryl/α,β-unsaturated/α-hetero) is 1. The average Bonchev–Trinajstić information content (AvgIpc) is 2.13. The van der Waals surface area contributed by atoms with Crippen molar-refractivity contribution >= 4 is 17.4 Å². The third kappa shape index (κ3) is 9.88. The quantitative estimate of drug-likeness (QED) is 0.411. The summed E-state index contributed by atoms with van der Waals surface area (Å²) in [6, 6.07) is 0. The maximum absolute atomic E-state index is 11.2. The van der Waals surface area contributed by atoms with Gasteiger partial charge in [-0.3, -0.25) is 4.79 Å². The summed E-state index contributed by atoms with van der Waals surface area (Å²) in [7, 11) is 0. The van der Waals surface area contributed by atoms with Crippen LogP contribution in [0, 0.1) is 0 Å². The predicted molar refractivity (Wildman–Crippen MR) is 58.3 cm³/mol. The minimum absolute atomic E-state index is 0.433. The van der Waals surface area contributed by atoms with Crippen LogP contribution in [0.15, 0.2) is 0 Å². The molecule has 78 valence electrons.